The Morgan fingerprint density at radius 3 is 1.33 bits per heavy atom. The molecule has 0 aliphatic heterocycles. The number of aliphatic hydroxyl groups is 1. The summed E-state index contributed by atoms with van der Waals surface area (Å²) >= 11 is 1.89. The topological polar surface area (TPSA) is 20.2 Å². The average Bonchev–Trinajstić information content (AvgIpc) is 2.68. The van der Waals surface area contributed by atoms with Gasteiger partial charge in [-0.2, -0.15) is 0 Å². The molecule has 0 radical (unpaired) electrons. The van der Waals surface area contributed by atoms with Crippen LogP contribution >= 0.6 is 11.8 Å². The van der Waals surface area contributed by atoms with Crippen LogP contribution < -0.4 is 0 Å². The summed E-state index contributed by atoms with van der Waals surface area (Å²) in [7, 11) is 0. The summed E-state index contributed by atoms with van der Waals surface area (Å²) in [5.41, 5.74) is 3.81. The first kappa shape index (κ1) is 16.8. The molecule has 1 N–H and O–H groups in total. The molecule has 0 spiro atoms. The van der Waals surface area contributed by atoms with E-state index in [-0.39, 0.29) is 11.4 Å². The molecule has 3 aromatic carbocycles. The third kappa shape index (κ3) is 3.40. The van der Waals surface area contributed by atoms with Crippen molar-refractivity contribution in [1.82, 2.24) is 0 Å². The monoisotopic (exact) mass is 334 g/mol. The lowest BCUT2D eigenvalue weighted by molar-refractivity contribution is 0.296. The predicted molar refractivity (Wildman–Crippen MR) is 103 cm³/mol. The fourth-order valence-electron chi connectivity index (χ4n) is 3.06. The van der Waals surface area contributed by atoms with Gasteiger partial charge in [0, 0.05) is 6.61 Å². The first-order valence-corrected chi connectivity index (χ1v) is 9.28. The van der Waals surface area contributed by atoms with Gasteiger partial charge < -0.3 is 5.11 Å². The van der Waals surface area contributed by atoms with Crippen molar-refractivity contribution in [1.29, 1.82) is 0 Å². The highest BCUT2D eigenvalue weighted by atomic mass is 32.2. The van der Waals surface area contributed by atoms with E-state index in [1.165, 1.54) is 16.7 Å². The van der Waals surface area contributed by atoms with Crippen LogP contribution in [0, 0.1) is 0 Å². The minimum Gasteiger partial charge on any atom is -0.396 e. The number of rotatable bonds is 7. The molecule has 2 heteroatoms. The molecular formula is C22H22OS. The summed E-state index contributed by atoms with van der Waals surface area (Å²) in [5, 5.41) is 9.26. The molecule has 0 aromatic heterocycles. The predicted octanol–water partition coefficient (Wildman–Crippen LogP) is 5.09. The van der Waals surface area contributed by atoms with Gasteiger partial charge in [0.15, 0.2) is 0 Å². The molecule has 0 saturated heterocycles. The Morgan fingerprint density at radius 1 is 0.625 bits per heavy atom. The van der Waals surface area contributed by atoms with Crippen LogP contribution in [-0.2, 0) is 4.75 Å². The summed E-state index contributed by atoms with van der Waals surface area (Å²) < 4.78 is -0.265. The molecule has 1 nitrogen and oxygen atoms in total. The lowest BCUT2D eigenvalue weighted by Crippen LogP contribution is -2.26. The standard InChI is InChI=1S/C22H22OS/c23-17-10-18-24-22(19-11-4-1-5-12-19,20-13-6-2-7-14-20)21-15-8-3-9-16-21/h1-9,11-16,23H,10,17-18H2. The molecule has 0 aliphatic carbocycles. The maximum atomic E-state index is 9.26. The highest BCUT2D eigenvalue weighted by molar-refractivity contribution is 8.00. The van der Waals surface area contributed by atoms with Crippen molar-refractivity contribution >= 4 is 11.8 Å². The smallest absolute Gasteiger partial charge is 0.0906 e. The lowest BCUT2D eigenvalue weighted by atomic mass is 9.84. The molecule has 0 aliphatic rings. The largest absolute Gasteiger partial charge is 0.396 e. The van der Waals surface area contributed by atoms with Gasteiger partial charge in [-0.3, -0.25) is 0 Å². The number of hydrogen-bond acceptors (Lipinski definition) is 2. The third-order valence-corrected chi connectivity index (χ3v) is 5.79. The van der Waals surface area contributed by atoms with E-state index in [1.54, 1.807) is 0 Å². The van der Waals surface area contributed by atoms with Gasteiger partial charge in [0.1, 0.15) is 0 Å². The molecule has 0 bridgehead atoms. The zero-order valence-corrected chi connectivity index (χ0v) is 14.5. The number of thioether (sulfide) groups is 1. The van der Waals surface area contributed by atoms with Gasteiger partial charge in [-0.05, 0) is 28.9 Å². The zero-order valence-electron chi connectivity index (χ0n) is 13.6. The van der Waals surface area contributed by atoms with Gasteiger partial charge in [0.05, 0.1) is 4.75 Å². The fraction of sp³-hybridized carbons (Fsp3) is 0.182. The Bertz CT molecular complexity index is 629. The fourth-order valence-corrected chi connectivity index (χ4v) is 4.55. The van der Waals surface area contributed by atoms with E-state index in [2.05, 4.69) is 91.0 Å². The molecule has 0 unspecified atom stereocenters. The van der Waals surface area contributed by atoms with E-state index in [9.17, 15) is 5.11 Å². The number of aliphatic hydroxyl groups excluding tert-OH is 1. The van der Waals surface area contributed by atoms with Gasteiger partial charge in [-0.25, -0.2) is 0 Å². The van der Waals surface area contributed by atoms with Crippen LogP contribution in [0.4, 0.5) is 0 Å². The highest BCUT2D eigenvalue weighted by Crippen LogP contribution is 2.48. The summed E-state index contributed by atoms with van der Waals surface area (Å²) in [5.74, 6) is 0.898. The third-order valence-electron chi connectivity index (χ3n) is 4.16. The van der Waals surface area contributed by atoms with Crippen molar-refractivity contribution in [3.63, 3.8) is 0 Å². The highest BCUT2D eigenvalue weighted by Gasteiger charge is 2.36. The SMILES string of the molecule is OCCCSC(c1ccccc1)(c1ccccc1)c1ccccc1. The summed E-state index contributed by atoms with van der Waals surface area (Å²) in [6, 6.07) is 32.0. The van der Waals surface area contributed by atoms with Gasteiger partial charge in [-0.15, -0.1) is 11.8 Å². The Morgan fingerprint density at radius 2 is 1.00 bits per heavy atom. The van der Waals surface area contributed by atoms with E-state index in [4.69, 9.17) is 0 Å². The minimum absolute atomic E-state index is 0.224. The van der Waals surface area contributed by atoms with E-state index in [0.717, 1.165) is 12.2 Å². The second-order valence-electron chi connectivity index (χ2n) is 5.70. The van der Waals surface area contributed by atoms with Crippen LogP contribution in [0.1, 0.15) is 23.1 Å². The van der Waals surface area contributed by atoms with Crippen LogP contribution in [0.25, 0.3) is 0 Å². The van der Waals surface area contributed by atoms with Gasteiger partial charge >= 0.3 is 0 Å². The number of benzene rings is 3. The lowest BCUT2D eigenvalue weighted by Gasteiger charge is -2.35. The molecule has 0 atom stereocenters. The van der Waals surface area contributed by atoms with Crippen LogP contribution in [-0.4, -0.2) is 17.5 Å². The molecule has 0 heterocycles. The normalized spacial score (nSPS) is 11.4. The van der Waals surface area contributed by atoms with Crippen molar-refractivity contribution in [2.24, 2.45) is 0 Å². The van der Waals surface area contributed by atoms with Crippen LogP contribution in [0.5, 0.6) is 0 Å². The average molecular weight is 334 g/mol. The maximum Gasteiger partial charge on any atom is 0.0906 e. The Balaban J connectivity index is 2.20. The van der Waals surface area contributed by atoms with Crippen molar-refractivity contribution in [2.45, 2.75) is 11.2 Å². The van der Waals surface area contributed by atoms with Gasteiger partial charge in [-0.1, -0.05) is 91.0 Å². The molecular weight excluding hydrogens is 312 g/mol. The Kier molecular flexibility index (Phi) is 5.73. The van der Waals surface area contributed by atoms with Crippen molar-refractivity contribution in [3.8, 4) is 0 Å². The molecule has 0 fully saturated rings. The maximum absolute atomic E-state index is 9.26. The van der Waals surface area contributed by atoms with Crippen molar-refractivity contribution in [2.75, 3.05) is 12.4 Å². The van der Waals surface area contributed by atoms with Gasteiger partial charge in [0.2, 0.25) is 0 Å². The van der Waals surface area contributed by atoms with Gasteiger partial charge in [0.25, 0.3) is 0 Å². The van der Waals surface area contributed by atoms with E-state index in [1.807, 2.05) is 11.8 Å². The number of hydrogen-bond donors (Lipinski definition) is 1. The molecule has 3 rings (SSSR count). The molecule has 3 aromatic rings. The van der Waals surface area contributed by atoms with Crippen LogP contribution in [0.3, 0.4) is 0 Å². The summed E-state index contributed by atoms with van der Waals surface area (Å²) in [6.07, 6.45) is 0.791. The Hall–Kier alpha value is -2.03. The second kappa shape index (κ2) is 8.18. The Labute approximate surface area is 148 Å². The summed E-state index contributed by atoms with van der Waals surface area (Å²) in [4.78, 5) is 0. The van der Waals surface area contributed by atoms with Crippen molar-refractivity contribution in [3.05, 3.63) is 108 Å². The molecule has 122 valence electrons. The molecule has 0 saturated carbocycles. The zero-order chi connectivity index (χ0) is 16.7. The van der Waals surface area contributed by atoms with Crippen LogP contribution in [0.15, 0.2) is 91.0 Å². The first-order valence-electron chi connectivity index (χ1n) is 8.29. The van der Waals surface area contributed by atoms with Crippen molar-refractivity contribution < 1.29 is 5.11 Å². The van der Waals surface area contributed by atoms with E-state index in [0.29, 0.717) is 0 Å². The molecule has 24 heavy (non-hydrogen) atoms. The first-order chi connectivity index (χ1) is 11.9. The van der Waals surface area contributed by atoms with Crippen LogP contribution in [0.2, 0.25) is 0 Å². The summed E-state index contributed by atoms with van der Waals surface area (Å²) in [6.45, 7) is 0.224. The van der Waals surface area contributed by atoms with E-state index >= 15 is 0 Å². The minimum atomic E-state index is -0.265. The second-order valence-corrected chi connectivity index (χ2v) is 7.01. The molecule has 0 amide bonds. The quantitative estimate of drug-likeness (QED) is 0.479. The van der Waals surface area contributed by atoms with E-state index < -0.39 is 0 Å².